The fourth-order valence-corrected chi connectivity index (χ4v) is 5.24. The van der Waals surface area contributed by atoms with E-state index in [1.54, 1.807) is 19.2 Å². The zero-order valence-electron chi connectivity index (χ0n) is 18.0. The van der Waals surface area contributed by atoms with Crippen molar-refractivity contribution < 1.29 is 9.53 Å². The molecule has 3 nitrogen and oxygen atoms in total. The number of esters is 1. The Labute approximate surface area is 193 Å². The first-order valence-corrected chi connectivity index (χ1v) is 11.6. The Morgan fingerprint density at radius 2 is 1.28 bits per heavy atom. The van der Waals surface area contributed by atoms with Crippen LogP contribution < -0.4 is 0 Å². The fourth-order valence-electron chi connectivity index (χ4n) is 3.80. The SMILES string of the molecule is CCOC(=O)c1ccc(CSC(c2ccccc2)(c2ccccc2)c2ccccc2)nc1. The van der Waals surface area contributed by atoms with Crippen LogP contribution in [0.2, 0.25) is 0 Å². The molecular formula is C28H25NO2S. The van der Waals surface area contributed by atoms with Crippen LogP contribution in [0.15, 0.2) is 109 Å². The van der Waals surface area contributed by atoms with Crippen LogP contribution in [0.5, 0.6) is 0 Å². The molecule has 1 aromatic heterocycles. The smallest absolute Gasteiger partial charge is 0.339 e. The third-order valence-corrected chi connectivity index (χ3v) is 6.89. The summed E-state index contributed by atoms with van der Waals surface area (Å²) < 4.78 is 4.67. The van der Waals surface area contributed by atoms with Crippen LogP contribution in [0.25, 0.3) is 0 Å². The highest BCUT2D eigenvalue weighted by Gasteiger charge is 2.36. The van der Waals surface area contributed by atoms with E-state index < -0.39 is 4.75 Å². The summed E-state index contributed by atoms with van der Waals surface area (Å²) in [6.45, 7) is 2.15. The highest BCUT2D eigenvalue weighted by atomic mass is 32.2. The predicted octanol–water partition coefficient (Wildman–Crippen LogP) is 6.48. The van der Waals surface area contributed by atoms with Crippen LogP contribution in [0, 0.1) is 0 Å². The summed E-state index contributed by atoms with van der Waals surface area (Å²) in [6, 6.07) is 35.5. The number of carbonyl (C=O) groups is 1. The Morgan fingerprint density at radius 3 is 1.69 bits per heavy atom. The molecule has 160 valence electrons. The summed E-state index contributed by atoms with van der Waals surface area (Å²) in [5, 5.41) is 0. The molecule has 0 N–H and O–H groups in total. The second kappa shape index (κ2) is 10.3. The summed E-state index contributed by atoms with van der Waals surface area (Å²) in [5.74, 6) is 0.341. The van der Waals surface area contributed by atoms with E-state index in [-0.39, 0.29) is 5.97 Å². The third-order valence-electron chi connectivity index (χ3n) is 5.31. The zero-order chi connectivity index (χ0) is 22.2. The average molecular weight is 440 g/mol. The molecule has 0 bridgehead atoms. The number of aromatic nitrogens is 1. The molecule has 0 aliphatic carbocycles. The number of carbonyl (C=O) groups excluding carboxylic acids is 1. The molecule has 0 atom stereocenters. The molecule has 4 heteroatoms. The molecule has 32 heavy (non-hydrogen) atoms. The number of pyridine rings is 1. The van der Waals surface area contributed by atoms with E-state index in [2.05, 4.69) is 77.8 Å². The van der Waals surface area contributed by atoms with E-state index in [1.165, 1.54) is 16.7 Å². The Kier molecular flexibility index (Phi) is 7.03. The lowest BCUT2D eigenvalue weighted by molar-refractivity contribution is 0.0526. The molecule has 3 aromatic carbocycles. The first kappa shape index (κ1) is 21.8. The Bertz CT molecular complexity index is 1030. The molecule has 4 rings (SSSR count). The number of rotatable bonds is 8. The monoisotopic (exact) mass is 439 g/mol. The van der Waals surface area contributed by atoms with Gasteiger partial charge in [-0.05, 0) is 35.7 Å². The van der Waals surface area contributed by atoms with Crippen LogP contribution in [0.3, 0.4) is 0 Å². The quantitative estimate of drug-likeness (QED) is 0.233. The van der Waals surface area contributed by atoms with Crippen molar-refractivity contribution in [2.24, 2.45) is 0 Å². The van der Waals surface area contributed by atoms with Gasteiger partial charge in [-0.3, -0.25) is 4.98 Å². The van der Waals surface area contributed by atoms with E-state index in [0.29, 0.717) is 17.9 Å². The van der Waals surface area contributed by atoms with E-state index in [1.807, 2.05) is 36.0 Å². The maximum absolute atomic E-state index is 12.0. The van der Waals surface area contributed by atoms with Crippen molar-refractivity contribution in [1.82, 2.24) is 4.98 Å². The molecule has 0 aliphatic rings. The fraction of sp³-hybridized carbons (Fsp3) is 0.143. The van der Waals surface area contributed by atoms with Gasteiger partial charge in [-0.1, -0.05) is 91.0 Å². The Hall–Kier alpha value is -3.37. The van der Waals surface area contributed by atoms with Gasteiger partial charge in [0.25, 0.3) is 0 Å². The van der Waals surface area contributed by atoms with E-state index in [0.717, 1.165) is 5.69 Å². The summed E-state index contributed by atoms with van der Waals surface area (Å²) >= 11 is 1.83. The minimum atomic E-state index is -0.398. The van der Waals surface area contributed by atoms with Crippen molar-refractivity contribution in [2.45, 2.75) is 17.4 Å². The van der Waals surface area contributed by atoms with Crippen LogP contribution in [0.4, 0.5) is 0 Å². The number of benzene rings is 3. The van der Waals surface area contributed by atoms with Gasteiger partial charge in [0.15, 0.2) is 0 Å². The molecule has 1 heterocycles. The van der Waals surface area contributed by atoms with Gasteiger partial charge >= 0.3 is 5.97 Å². The molecule has 0 saturated carbocycles. The van der Waals surface area contributed by atoms with E-state index in [9.17, 15) is 4.79 Å². The first-order chi connectivity index (χ1) is 15.7. The first-order valence-electron chi connectivity index (χ1n) is 10.7. The highest BCUT2D eigenvalue weighted by Crippen LogP contribution is 2.49. The van der Waals surface area contributed by atoms with Crippen LogP contribution >= 0.6 is 11.8 Å². The zero-order valence-corrected chi connectivity index (χ0v) is 18.8. The summed E-state index contributed by atoms with van der Waals surface area (Å²) in [6.07, 6.45) is 1.60. The Morgan fingerprint density at radius 1 is 0.781 bits per heavy atom. The standard InChI is InChI=1S/C28H25NO2S/c1-2-31-27(30)22-18-19-26(29-20-22)21-32-28(23-12-6-3-7-13-23,24-14-8-4-9-15-24)25-16-10-5-11-17-25/h3-20H,2,21H2,1H3. The number of thioether (sulfide) groups is 1. The minimum Gasteiger partial charge on any atom is -0.462 e. The Balaban J connectivity index is 1.74. The lowest BCUT2D eigenvalue weighted by Gasteiger charge is -2.35. The summed E-state index contributed by atoms with van der Waals surface area (Å²) in [5.41, 5.74) is 5.03. The average Bonchev–Trinajstić information content (AvgIpc) is 2.87. The van der Waals surface area contributed by atoms with Gasteiger partial charge < -0.3 is 4.74 Å². The van der Waals surface area contributed by atoms with Crippen molar-refractivity contribution in [3.63, 3.8) is 0 Å². The highest BCUT2D eigenvalue weighted by molar-refractivity contribution is 7.99. The molecule has 0 aliphatic heterocycles. The maximum atomic E-state index is 12.0. The van der Waals surface area contributed by atoms with Gasteiger partial charge in [0, 0.05) is 11.9 Å². The van der Waals surface area contributed by atoms with E-state index >= 15 is 0 Å². The second-order valence-corrected chi connectivity index (χ2v) is 8.52. The summed E-state index contributed by atoms with van der Waals surface area (Å²) in [4.78, 5) is 16.5. The van der Waals surface area contributed by atoms with Crippen LogP contribution in [-0.4, -0.2) is 17.6 Å². The third kappa shape index (κ3) is 4.61. The minimum absolute atomic E-state index is 0.341. The van der Waals surface area contributed by atoms with Gasteiger partial charge in [0.1, 0.15) is 0 Å². The topological polar surface area (TPSA) is 39.2 Å². The van der Waals surface area contributed by atoms with Crippen LogP contribution in [-0.2, 0) is 15.2 Å². The molecule has 0 radical (unpaired) electrons. The van der Waals surface area contributed by atoms with Crippen molar-refractivity contribution in [3.05, 3.63) is 137 Å². The van der Waals surface area contributed by atoms with E-state index in [4.69, 9.17) is 4.74 Å². The lowest BCUT2D eigenvalue weighted by Crippen LogP contribution is -2.26. The molecule has 0 amide bonds. The van der Waals surface area contributed by atoms with Gasteiger partial charge in [0.2, 0.25) is 0 Å². The molecule has 4 aromatic rings. The maximum Gasteiger partial charge on any atom is 0.339 e. The molecule has 0 unspecified atom stereocenters. The van der Waals surface area contributed by atoms with Gasteiger partial charge in [-0.2, -0.15) is 0 Å². The van der Waals surface area contributed by atoms with Crippen molar-refractivity contribution in [3.8, 4) is 0 Å². The molecular weight excluding hydrogens is 414 g/mol. The van der Waals surface area contributed by atoms with Gasteiger partial charge in [-0.25, -0.2) is 4.79 Å². The summed E-state index contributed by atoms with van der Waals surface area (Å²) in [7, 11) is 0. The van der Waals surface area contributed by atoms with Crippen molar-refractivity contribution >= 4 is 17.7 Å². The largest absolute Gasteiger partial charge is 0.462 e. The van der Waals surface area contributed by atoms with Crippen LogP contribution in [0.1, 0.15) is 39.7 Å². The molecule has 0 saturated heterocycles. The van der Waals surface area contributed by atoms with Crippen molar-refractivity contribution in [1.29, 1.82) is 0 Å². The number of ether oxygens (including phenoxy) is 1. The molecule has 0 spiro atoms. The van der Waals surface area contributed by atoms with Gasteiger partial charge in [0.05, 0.1) is 22.6 Å². The number of hydrogen-bond acceptors (Lipinski definition) is 4. The predicted molar refractivity (Wildman–Crippen MR) is 131 cm³/mol. The van der Waals surface area contributed by atoms with Crippen molar-refractivity contribution in [2.75, 3.05) is 6.61 Å². The normalized spacial score (nSPS) is 11.2. The number of hydrogen-bond donors (Lipinski definition) is 0. The van der Waals surface area contributed by atoms with Gasteiger partial charge in [-0.15, -0.1) is 11.8 Å². The number of nitrogens with zero attached hydrogens (tertiary/aromatic N) is 1. The lowest BCUT2D eigenvalue weighted by atomic mass is 9.84. The second-order valence-electron chi connectivity index (χ2n) is 7.33. The molecule has 0 fully saturated rings.